The summed E-state index contributed by atoms with van der Waals surface area (Å²) in [5, 5.41) is 0. The molecule has 0 bridgehead atoms. The highest BCUT2D eigenvalue weighted by Gasteiger charge is 2.54. The lowest BCUT2D eigenvalue weighted by atomic mass is 10.1. The number of hydrogen-bond acceptors (Lipinski definition) is 5. The summed E-state index contributed by atoms with van der Waals surface area (Å²) in [4.78, 5) is 0.110. The summed E-state index contributed by atoms with van der Waals surface area (Å²) < 4.78 is 59.4. The molecule has 0 N–H and O–H groups in total. The van der Waals surface area contributed by atoms with E-state index in [2.05, 4.69) is 6.58 Å². The minimum Gasteiger partial charge on any atom is -0.370 e. The van der Waals surface area contributed by atoms with Gasteiger partial charge in [-0.25, -0.2) is 8.42 Å². The van der Waals surface area contributed by atoms with E-state index in [0.717, 1.165) is 9.87 Å². The molecule has 1 saturated heterocycles. The average Bonchev–Trinajstić information content (AvgIpc) is 3.04. The number of fused-ring (bicyclic) bond motifs is 3. The van der Waals surface area contributed by atoms with Crippen molar-refractivity contribution in [2.45, 2.75) is 24.0 Å². The smallest absolute Gasteiger partial charge is 0.370 e. The van der Waals surface area contributed by atoms with Crippen LogP contribution in [0.1, 0.15) is 17.3 Å². The fourth-order valence-electron chi connectivity index (χ4n) is 3.43. The van der Waals surface area contributed by atoms with Crippen LogP contribution in [0.2, 0.25) is 0 Å². The Balaban J connectivity index is 1.90. The van der Waals surface area contributed by atoms with E-state index in [1.807, 2.05) is 6.92 Å². The molecule has 2 aliphatic rings. The summed E-state index contributed by atoms with van der Waals surface area (Å²) in [5.74, 6) is 0.132. The minimum absolute atomic E-state index is 0.0404. The number of para-hydroxylation sites is 1. The molecule has 2 atom stereocenters. The van der Waals surface area contributed by atoms with Crippen LogP contribution in [-0.2, 0) is 20.3 Å². The molecule has 0 saturated carbocycles. The molecule has 142 valence electrons. The molecule has 1 fully saturated rings. The van der Waals surface area contributed by atoms with Crippen LogP contribution >= 0.6 is 0 Å². The Morgan fingerprint density at radius 2 is 1.81 bits per heavy atom. The van der Waals surface area contributed by atoms with Crippen molar-refractivity contribution in [2.24, 2.45) is 0 Å². The molecule has 0 aliphatic carbocycles. The van der Waals surface area contributed by atoms with Gasteiger partial charge in [0.15, 0.2) is 0 Å². The molecule has 2 aliphatic heterocycles. The van der Waals surface area contributed by atoms with Crippen LogP contribution in [0.4, 0.5) is 0 Å². The number of sulfonamides is 1. The third kappa shape index (κ3) is 2.78. The van der Waals surface area contributed by atoms with Gasteiger partial charge in [0, 0.05) is 12.1 Å². The molecular weight excluding hydrogens is 388 g/mol. The third-order valence-corrected chi connectivity index (χ3v) is 7.97. The minimum atomic E-state index is -4.16. The van der Waals surface area contributed by atoms with Crippen molar-refractivity contribution in [1.29, 1.82) is 0 Å². The first-order chi connectivity index (χ1) is 12.8. The standard InChI is InChI=1S/C18H18N2O5S2/c1-3-14-12-19(26(21,22)15-10-8-13(2)9-11-15)18-16-6-4-5-7-17(16)25-27(23,24)20(14)18/h3-11,14,18H,1,12H2,2H3/t14-,18-/m1/s1. The maximum atomic E-state index is 13.3. The molecule has 0 aromatic heterocycles. The lowest BCUT2D eigenvalue weighted by Gasteiger charge is -2.34. The van der Waals surface area contributed by atoms with Crippen LogP contribution in [0.25, 0.3) is 0 Å². The van der Waals surface area contributed by atoms with E-state index in [0.29, 0.717) is 5.56 Å². The van der Waals surface area contributed by atoms with Gasteiger partial charge < -0.3 is 4.18 Å². The molecule has 2 aromatic rings. The van der Waals surface area contributed by atoms with E-state index in [1.165, 1.54) is 28.6 Å². The lowest BCUT2D eigenvalue weighted by molar-refractivity contribution is 0.238. The first-order valence-corrected chi connectivity index (χ1v) is 11.1. The topological polar surface area (TPSA) is 84.0 Å². The van der Waals surface area contributed by atoms with Gasteiger partial charge in [-0.1, -0.05) is 42.0 Å². The summed E-state index contributed by atoms with van der Waals surface area (Å²) in [6, 6.07) is 12.3. The van der Waals surface area contributed by atoms with E-state index >= 15 is 0 Å². The second kappa shape index (κ2) is 6.16. The number of hydrogen-bond donors (Lipinski definition) is 0. The Morgan fingerprint density at radius 1 is 1.15 bits per heavy atom. The van der Waals surface area contributed by atoms with Gasteiger partial charge in [0.2, 0.25) is 10.0 Å². The summed E-state index contributed by atoms with van der Waals surface area (Å²) in [6.45, 7) is 5.50. The monoisotopic (exact) mass is 406 g/mol. The van der Waals surface area contributed by atoms with Gasteiger partial charge in [-0.05, 0) is 25.1 Å². The largest absolute Gasteiger partial charge is 0.387 e. The molecule has 4 rings (SSSR count). The van der Waals surface area contributed by atoms with E-state index in [9.17, 15) is 16.8 Å². The van der Waals surface area contributed by atoms with Crippen LogP contribution < -0.4 is 4.18 Å². The molecule has 9 heteroatoms. The fraction of sp³-hybridized carbons (Fsp3) is 0.222. The second-order valence-corrected chi connectivity index (χ2v) is 9.81. The van der Waals surface area contributed by atoms with Crippen LogP contribution in [0.3, 0.4) is 0 Å². The zero-order valence-electron chi connectivity index (χ0n) is 14.5. The Labute approximate surface area is 158 Å². The molecular formula is C18H18N2O5S2. The summed E-state index contributed by atoms with van der Waals surface area (Å²) in [7, 11) is -8.10. The highest BCUT2D eigenvalue weighted by atomic mass is 32.2. The van der Waals surface area contributed by atoms with Crippen molar-refractivity contribution in [3.63, 3.8) is 0 Å². The van der Waals surface area contributed by atoms with Crippen molar-refractivity contribution in [3.8, 4) is 5.75 Å². The Morgan fingerprint density at radius 3 is 2.48 bits per heavy atom. The number of nitrogens with zero attached hydrogens (tertiary/aromatic N) is 2. The van der Waals surface area contributed by atoms with Crippen molar-refractivity contribution in [3.05, 3.63) is 72.3 Å². The predicted octanol–water partition coefficient (Wildman–Crippen LogP) is 2.19. The SMILES string of the molecule is C=C[C@@H]1CN(S(=O)(=O)c2ccc(C)cc2)[C@H]2c3ccccc3OS(=O)(=O)N12. The van der Waals surface area contributed by atoms with Gasteiger partial charge in [-0.15, -0.1) is 10.9 Å². The normalized spacial score (nSPS) is 24.6. The zero-order valence-corrected chi connectivity index (χ0v) is 16.2. The van der Waals surface area contributed by atoms with E-state index in [1.54, 1.807) is 30.3 Å². The van der Waals surface area contributed by atoms with Crippen LogP contribution in [0.5, 0.6) is 5.75 Å². The zero-order chi connectivity index (χ0) is 19.4. The van der Waals surface area contributed by atoms with Crippen molar-refractivity contribution in [1.82, 2.24) is 8.61 Å². The second-order valence-electron chi connectivity index (χ2n) is 6.47. The molecule has 0 spiro atoms. The van der Waals surface area contributed by atoms with Gasteiger partial charge in [0.05, 0.1) is 10.9 Å². The Bertz CT molecular complexity index is 1110. The van der Waals surface area contributed by atoms with Gasteiger partial charge >= 0.3 is 10.3 Å². The first kappa shape index (κ1) is 18.2. The Hall–Kier alpha value is -2.20. The summed E-state index contributed by atoms with van der Waals surface area (Å²) >= 11 is 0. The first-order valence-electron chi connectivity index (χ1n) is 8.28. The van der Waals surface area contributed by atoms with Crippen molar-refractivity contribution in [2.75, 3.05) is 6.54 Å². The van der Waals surface area contributed by atoms with Crippen LogP contribution in [-0.4, -0.2) is 38.0 Å². The van der Waals surface area contributed by atoms with E-state index in [-0.39, 0.29) is 17.2 Å². The molecule has 2 aromatic carbocycles. The van der Waals surface area contributed by atoms with Gasteiger partial charge in [0.25, 0.3) is 0 Å². The van der Waals surface area contributed by atoms with Gasteiger partial charge in [-0.2, -0.15) is 12.7 Å². The summed E-state index contributed by atoms with van der Waals surface area (Å²) in [6.07, 6.45) is 0.404. The highest BCUT2D eigenvalue weighted by Crippen LogP contribution is 2.46. The molecule has 0 radical (unpaired) electrons. The lowest BCUT2D eigenvalue weighted by Crippen LogP contribution is -2.44. The highest BCUT2D eigenvalue weighted by molar-refractivity contribution is 7.89. The van der Waals surface area contributed by atoms with Crippen LogP contribution in [0.15, 0.2) is 66.1 Å². The molecule has 2 heterocycles. The third-order valence-electron chi connectivity index (χ3n) is 4.76. The molecule has 7 nitrogen and oxygen atoms in total. The molecule has 0 amide bonds. The van der Waals surface area contributed by atoms with Gasteiger partial charge in [0.1, 0.15) is 11.9 Å². The number of rotatable bonds is 3. The maximum absolute atomic E-state index is 13.3. The van der Waals surface area contributed by atoms with E-state index < -0.39 is 32.5 Å². The van der Waals surface area contributed by atoms with Crippen molar-refractivity contribution >= 4 is 20.3 Å². The van der Waals surface area contributed by atoms with E-state index in [4.69, 9.17) is 4.18 Å². The molecule has 27 heavy (non-hydrogen) atoms. The maximum Gasteiger partial charge on any atom is 0.387 e. The Kier molecular flexibility index (Phi) is 4.15. The molecule has 0 unspecified atom stereocenters. The van der Waals surface area contributed by atoms with Crippen LogP contribution in [0, 0.1) is 6.92 Å². The fourth-order valence-corrected chi connectivity index (χ4v) is 6.49. The average molecular weight is 406 g/mol. The van der Waals surface area contributed by atoms with Gasteiger partial charge in [-0.3, -0.25) is 0 Å². The number of benzene rings is 2. The predicted molar refractivity (Wildman–Crippen MR) is 99.6 cm³/mol. The number of aryl methyl sites for hydroxylation is 1. The quantitative estimate of drug-likeness (QED) is 0.730. The van der Waals surface area contributed by atoms with Crippen molar-refractivity contribution < 1.29 is 21.0 Å². The summed E-state index contributed by atoms with van der Waals surface area (Å²) in [5.41, 5.74) is 1.41.